The summed E-state index contributed by atoms with van der Waals surface area (Å²) in [5.74, 6) is -5.72. The molecule has 1 aromatic heterocycles. The number of nitrogens with one attached hydrogen (secondary N) is 5. The third-order valence-electron chi connectivity index (χ3n) is 8.14. The molecule has 1 fully saturated rings. The van der Waals surface area contributed by atoms with Crippen molar-refractivity contribution in [3.63, 3.8) is 0 Å². The first-order valence-corrected chi connectivity index (χ1v) is 16.2. The Hall–Kier alpha value is -5.52. The summed E-state index contributed by atoms with van der Waals surface area (Å²) >= 11 is 0. The van der Waals surface area contributed by atoms with Crippen LogP contribution in [0.25, 0.3) is 0 Å². The van der Waals surface area contributed by atoms with E-state index in [1.54, 1.807) is 26.0 Å². The maximum absolute atomic E-state index is 13.8. The standard InChI is InChI=1S/C32H45N9O9/c1-17(2)27(40-29(46)22(12-18-5-7-20(42)8-6-18)39-28(45)21(33)9-10-25(34)43)31(48)41-11-3-4-24(41)30(47)36-15-26(44)38-23(32(49)50)13-19-14-35-16-37-19/h5-8,14,16-17,21-24,27,42H,3-4,9-13,15,33H2,1-2H3,(H2,34,43)(H,35,37)(H,36,47)(H,38,44)(H,39,45)(H,40,46)(H,49,50)/t21-,22-,23-,24-,27-/m0/s1. The van der Waals surface area contributed by atoms with Crippen molar-refractivity contribution < 1.29 is 43.8 Å². The van der Waals surface area contributed by atoms with Crippen molar-refractivity contribution in [3.8, 4) is 5.75 Å². The SMILES string of the molecule is CC(C)[C@H](NC(=O)[C@H](Cc1ccc(O)cc1)NC(=O)[C@@H](N)CCC(N)=O)C(=O)N1CCC[C@H]1C(=O)NCC(=O)N[C@@H](Cc1c[nH]cn1)C(=O)O. The quantitative estimate of drug-likeness (QED) is 0.0804. The third kappa shape index (κ3) is 11.6. The normalized spacial score (nSPS) is 16.5. The summed E-state index contributed by atoms with van der Waals surface area (Å²) in [6.07, 6.45) is 3.35. The van der Waals surface area contributed by atoms with Gasteiger partial charge in [0.2, 0.25) is 35.4 Å². The molecular formula is C32H45N9O9. The lowest BCUT2D eigenvalue weighted by Gasteiger charge is -2.31. The molecule has 3 rings (SSSR count). The van der Waals surface area contributed by atoms with E-state index in [-0.39, 0.29) is 44.4 Å². The lowest BCUT2D eigenvalue weighted by Crippen LogP contribution is -2.59. The molecular weight excluding hydrogens is 654 g/mol. The number of benzene rings is 1. The van der Waals surface area contributed by atoms with E-state index < -0.39 is 84.1 Å². The van der Waals surface area contributed by atoms with Gasteiger partial charge in [-0.05, 0) is 42.9 Å². The molecule has 0 aliphatic carbocycles. The van der Waals surface area contributed by atoms with Crippen LogP contribution >= 0.6 is 0 Å². The Bertz CT molecular complexity index is 1520. The predicted molar refractivity (Wildman–Crippen MR) is 177 cm³/mol. The number of aliphatic carboxylic acids is 1. The Morgan fingerprint density at radius 3 is 2.30 bits per heavy atom. The highest BCUT2D eigenvalue weighted by Gasteiger charge is 2.39. The summed E-state index contributed by atoms with van der Waals surface area (Å²) in [5, 5.41) is 29.3. The summed E-state index contributed by atoms with van der Waals surface area (Å²) in [6, 6.07) is 0.262. The van der Waals surface area contributed by atoms with Crippen molar-refractivity contribution in [3.05, 3.63) is 48.0 Å². The molecule has 5 atom stereocenters. The fourth-order valence-electron chi connectivity index (χ4n) is 5.38. The molecule has 50 heavy (non-hydrogen) atoms. The molecule has 18 heteroatoms. The fraction of sp³-hybridized carbons (Fsp3) is 0.500. The predicted octanol–water partition coefficient (Wildman–Crippen LogP) is -2.20. The number of rotatable bonds is 18. The number of primary amides is 1. The number of nitrogens with two attached hydrogens (primary N) is 2. The number of aromatic amines is 1. The molecule has 2 aromatic rings. The monoisotopic (exact) mass is 699 g/mol. The van der Waals surface area contributed by atoms with E-state index in [4.69, 9.17) is 11.5 Å². The number of carboxylic acid groups (broad SMARTS) is 1. The van der Waals surface area contributed by atoms with Crippen LogP contribution < -0.4 is 32.7 Å². The number of imidazole rings is 1. The number of carbonyl (C=O) groups excluding carboxylic acids is 6. The first-order chi connectivity index (χ1) is 23.7. The van der Waals surface area contributed by atoms with Gasteiger partial charge in [0.25, 0.3) is 0 Å². The van der Waals surface area contributed by atoms with Crippen LogP contribution in [-0.2, 0) is 46.4 Å². The smallest absolute Gasteiger partial charge is 0.326 e. The molecule has 0 radical (unpaired) electrons. The van der Waals surface area contributed by atoms with E-state index in [1.165, 1.54) is 29.6 Å². The molecule has 272 valence electrons. The molecule has 0 spiro atoms. The molecule has 2 heterocycles. The van der Waals surface area contributed by atoms with Gasteiger partial charge in [0, 0.05) is 32.0 Å². The van der Waals surface area contributed by atoms with Crippen LogP contribution in [-0.4, -0.2) is 110 Å². The number of phenols is 1. The van der Waals surface area contributed by atoms with Gasteiger partial charge in [-0.1, -0.05) is 26.0 Å². The molecule has 0 bridgehead atoms. The zero-order chi connectivity index (χ0) is 37.0. The second-order valence-electron chi connectivity index (χ2n) is 12.4. The van der Waals surface area contributed by atoms with Crippen LogP contribution in [0.3, 0.4) is 0 Å². The number of aromatic hydroxyl groups is 1. The average molecular weight is 700 g/mol. The van der Waals surface area contributed by atoms with Gasteiger partial charge in [-0.25, -0.2) is 9.78 Å². The van der Waals surface area contributed by atoms with Gasteiger partial charge in [-0.15, -0.1) is 0 Å². The minimum atomic E-state index is -1.28. The van der Waals surface area contributed by atoms with Crippen molar-refractivity contribution in [1.29, 1.82) is 0 Å². The Kier molecular flexibility index (Phi) is 14.2. The number of aromatic nitrogens is 2. The molecule has 1 aliphatic rings. The highest BCUT2D eigenvalue weighted by atomic mass is 16.4. The first-order valence-electron chi connectivity index (χ1n) is 16.2. The number of amides is 6. The van der Waals surface area contributed by atoms with Crippen molar-refractivity contribution in [2.75, 3.05) is 13.1 Å². The van der Waals surface area contributed by atoms with E-state index in [0.717, 1.165) is 0 Å². The van der Waals surface area contributed by atoms with Gasteiger partial charge in [0.1, 0.15) is 29.9 Å². The average Bonchev–Trinajstić information content (AvgIpc) is 3.77. The maximum Gasteiger partial charge on any atom is 0.326 e. The zero-order valence-corrected chi connectivity index (χ0v) is 27.9. The molecule has 18 nitrogen and oxygen atoms in total. The largest absolute Gasteiger partial charge is 0.508 e. The van der Waals surface area contributed by atoms with Crippen molar-refractivity contribution in [2.24, 2.45) is 17.4 Å². The van der Waals surface area contributed by atoms with Gasteiger partial charge in [0.05, 0.1) is 24.6 Å². The highest BCUT2D eigenvalue weighted by molar-refractivity contribution is 5.96. The summed E-state index contributed by atoms with van der Waals surface area (Å²) in [5.41, 5.74) is 12.1. The number of hydrogen-bond acceptors (Lipinski definition) is 10. The molecule has 0 unspecified atom stereocenters. The van der Waals surface area contributed by atoms with Crippen LogP contribution in [0.4, 0.5) is 0 Å². The van der Waals surface area contributed by atoms with E-state index in [9.17, 15) is 43.8 Å². The van der Waals surface area contributed by atoms with E-state index in [1.807, 2.05) is 0 Å². The number of carbonyl (C=O) groups is 7. The van der Waals surface area contributed by atoms with Crippen LogP contribution in [0.15, 0.2) is 36.8 Å². The Labute approximate surface area is 288 Å². The van der Waals surface area contributed by atoms with Gasteiger partial charge >= 0.3 is 5.97 Å². The number of hydrogen-bond donors (Lipinski definition) is 9. The Morgan fingerprint density at radius 2 is 1.70 bits per heavy atom. The molecule has 6 amide bonds. The molecule has 1 aliphatic heterocycles. The van der Waals surface area contributed by atoms with Gasteiger partial charge < -0.3 is 52.8 Å². The van der Waals surface area contributed by atoms with E-state index in [0.29, 0.717) is 17.7 Å². The van der Waals surface area contributed by atoms with Crippen molar-refractivity contribution in [2.45, 2.75) is 82.6 Å². The Morgan fingerprint density at radius 1 is 1.00 bits per heavy atom. The van der Waals surface area contributed by atoms with E-state index >= 15 is 0 Å². The summed E-state index contributed by atoms with van der Waals surface area (Å²) in [4.78, 5) is 96.9. The first kappa shape index (κ1) is 38.9. The Balaban J connectivity index is 1.67. The van der Waals surface area contributed by atoms with Crippen LogP contribution in [0.1, 0.15) is 50.8 Å². The second-order valence-corrected chi connectivity index (χ2v) is 12.4. The van der Waals surface area contributed by atoms with Crippen LogP contribution in [0.2, 0.25) is 0 Å². The number of likely N-dealkylation sites (tertiary alicyclic amines) is 1. The lowest BCUT2D eigenvalue weighted by molar-refractivity contribution is -0.143. The lowest BCUT2D eigenvalue weighted by atomic mass is 9.99. The van der Waals surface area contributed by atoms with Crippen LogP contribution in [0, 0.1) is 5.92 Å². The summed E-state index contributed by atoms with van der Waals surface area (Å²) in [7, 11) is 0. The fourth-order valence-corrected chi connectivity index (χ4v) is 5.38. The number of phenolic OH excluding ortho intramolecular Hbond substituents is 1. The maximum atomic E-state index is 13.8. The van der Waals surface area contributed by atoms with Crippen LogP contribution in [0.5, 0.6) is 5.75 Å². The van der Waals surface area contributed by atoms with Crippen molar-refractivity contribution >= 4 is 41.4 Å². The van der Waals surface area contributed by atoms with Gasteiger partial charge in [-0.2, -0.15) is 0 Å². The molecule has 0 saturated carbocycles. The molecule has 1 aromatic carbocycles. The highest BCUT2D eigenvalue weighted by Crippen LogP contribution is 2.21. The minimum Gasteiger partial charge on any atom is -0.508 e. The van der Waals surface area contributed by atoms with Crippen molar-refractivity contribution in [1.82, 2.24) is 36.1 Å². The van der Waals surface area contributed by atoms with E-state index in [2.05, 4.69) is 31.2 Å². The number of carboxylic acids is 1. The number of nitrogens with zero attached hydrogens (tertiary/aromatic N) is 2. The molecule has 1 saturated heterocycles. The third-order valence-corrected chi connectivity index (χ3v) is 8.14. The number of H-pyrrole nitrogens is 1. The van der Waals surface area contributed by atoms with Gasteiger partial charge in [-0.3, -0.25) is 28.8 Å². The topological polar surface area (TPSA) is 292 Å². The minimum absolute atomic E-state index is 0.00260. The van der Waals surface area contributed by atoms with Gasteiger partial charge in [0.15, 0.2) is 0 Å². The molecule has 11 N–H and O–H groups in total. The summed E-state index contributed by atoms with van der Waals surface area (Å²) < 4.78 is 0. The zero-order valence-electron chi connectivity index (χ0n) is 27.9. The second kappa shape index (κ2) is 18.3. The summed E-state index contributed by atoms with van der Waals surface area (Å²) in [6.45, 7) is 3.07.